The van der Waals surface area contributed by atoms with Crippen LogP contribution in [-0.4, -0.2) is 48.4 Å². The Kier molecular flexibility index (Phi) is 10.8. The molecule has 25 heavy (non-hydrogen) atoms. The molecule has 0 spiro atoms. The molecule has 0 saturated carbocycles. The van der Waals surface area contributed by atoms with Gasteiger partial charge in [0.25, 0.3) is 0 Å². The lowest BCUT2D eigenvalue weighted by atomic mass is 10.0. The van der Waals surface area contributed by atoms with Crippen LogP contribution in [-0.2, 0) is 23.9 Å². The van der Waals surface area contributed by atoms with E-state index in [2.05, 4.69) is 5.32 Å². The molecule has 0 saturated heterocycles. The fourth-order valence-corrected chi connectivity index (χ4v) is 2.09. The summed E-state index contributed by atoms with van der Waals surface area (Å²) in [6, 6.07) is 0. The number of amides is 1. The molecule has 0 heterocycles. The maximum absolute atomic E-state index is 11.5. The first-order valence-electron chi connectivity index (χ1n) is 8.97. The van der Waals surface area contributed by atoms with Gasteiger partial charge in [-0.15, -0.1) is 0 Å². The van der Waals surface area contributed by atoms with Gasteiger partial charge in [0.2, 0.25) is 5.91 Å². The molecular weight excluding hydrogens is 322 g/mol. The summed E-state index contributed by atoms with van der Waals surface area (Å²) < 4.78 is 11.7. The van der Waals surface area contributed by atoms with E-state index >= 15 is 0 Å². The lowest BCUT2D eigenvalue weighted by molar-refractivity contribution is -0.125. The summed E-state index contributed by atoms with van der Waals surface area (Å²) in [6.07, 6.45) is 2.44. The highest BCUT2D eigenvalue weighted by Gasteiger charge is 2.23. The maximum Gasteiger partial charge on any atom is 0.220 e. The minimum atomic E-state index is -0.360. The summed E-state index contributed by atoms with van der Waals surface area (Å²) in [7, 11) is 0. The van der Waals surface area contributed by atoms with E-state index in [-0.39, 0.29) is 41.5 Å². The minimum absolute atomic E-state index is 0.0127. The molecule has 0 aliphatic rings. The molecule has 0 fully saturated rings. The van der Waals surface area contributed by atoms with Crippen LogP contribution in [0.2, 0.25) is 0 Å². The molecule has 0 rings (SSSR count). The van der Waals surface area contributed by atoms with Gasteiger partial charge in [-0.05, 0) is 54.4 Å². The Morgan fingerprint density at radius 2 is 1.28 bits per heavy atom. The first-order valence-corrected chi connectivity index (χ1v) is 8.97. The van der Waals surface area contributed by atoms with Crippen molar-refractivity contribution in [2.45, 2.75) is 84.8 Å². The van der Waals surface area contributed by atoms with Gasteiger partial charge in [0, 0.05) is 25.8 Å². The molecule has 0 radical (unpaired) electrons. The SMILES string of the molecule is CC(=O)CCC(=O)NCCOC(C)(C)CCOC(C)(C)CCC(C)=O. The van der Waals surface area contributed by atoms with E-state index < -0.39 is 0 Å². The van der Waals surface area contributed by atoms with E-state index in [1.54, 1.807) is 6.92 Å². The number of ether oxygens (including phenoxy) is 2. The Balaban J connectivity index is 3.91. The second-order valence-electron chi connectivity index (χ2n) is 7.72. The number of nitrogens with one attached hydrogen (secondary N) is 1. The Morgan fingerprint density at radius 1 is 0.760 bits per heavy atom. The van der Waals surface area contributed by atoms with E-state index in [1.807, 2.05) is 27.7 Å². The number of carbonyl (C=O) groups excluding carboxylic acids is 3. The Labute approximate surface area is 152 Å². The van der Waals surface area contributed by atoms with Gasteiger partial charge < -0.3 is 24.4 Å². The Hall–Kier alpha value is -1.27. The van der Waals surface area contributed by atoms with Crippen LogP contribution in [0, 0.1) is 0 Å². The molecule has 0 unspecified atom stereocenters. The van der Waals surface area contributed by atoms with Crippen LogP contribution < -0.4 is 5.32 Å². The largest absolute Gasteiger partial charge is 0.375 e. The third-order valence-corrected chi connectivity index (χ3v) is 3.90. The van der Waals surface area contributed by atoms with Gasteiger partial charge in [0.15, 0.2) is 0 Å². The Morgan fingerprint density at radius 3 is 1.84 bits per heavy atom. The highest BCUT2D eigenvalue weighted by Crippen LogP contribution is 2.20. The van der Waals surface area contributed by atoms with Crippen molar-refractivity contribution in [2.75, 3.05) is 19.8 Å². The lowest BCUT2D eigenvalue weighted by Gasteiger charge is -2.29. The van der Waals surface area contributed by atoms with E-state index in [0.717, 1.165) is 6.42 Å². The van der Waals surface area contributed by atoms with Crippen molar-refractivity contribution in [1.82, 2.24) is 5.32 Å². The molecule has 1 amide bonds. The highest BCUT2D eigenvalue weighted by atomic mass is 16.5. The first kappa shape index (κ1) is 23.7. The van der Waals surface area contributed by atoms with Crippen molar-refractivity contribution in [3.63, 3.8) is 0 Å². The number of carbonyl (C=O) groups is 3. The number of hydrogen-bond donors (Lipinski definition) is 1. The zero-order valence-electron chi connectivity index (χ0n) is 16.7. The highest BCUT2D eigenvalue weighted by molar-refractivity contribution is 5.83. The molecule has 0 aromatic rings. The minimum Gasteiger partial charge on any atom is -0.375 e. The van der Waals surface area contributed by atoms with Gasteiger partial charge in [0.05, 0.1) is 24.4 Å². The van der Waals surface area contributed by atoms with Gasteiger partial charge in [-0.1, -0.05) is 0 Å². The topological polar surface area (TPSA) is 81.7 Å². The van der Waals surface area contributed by atoms with Crippen LogP contribution in [0.25, 0.3) is 0 Å². The van der Waals surface area contributed by atoms with Crippen molar-refractivity contribution in [3.8, 4) is 0 Å². The van der Waals surface area contributed by atoms with Crippen molar-refractivity contribution in [2.24, 2.45) is 0 Å². The molecule has 6 heteroatoms. The summed E-state index contributed by atoms with van der Waals surface area (Å²) in [5.41, 5.74) is -0.687. The molecule has 0 aliphatic carbocycles. The first-order chi connectivity index (χ1) is 11.4. The van der Waals surface area contributed by atoms with Gasteiger partial charge in [-0.2, -0.15) is 0 Å². The third-order valence-electron chi connectivity index (χ3n) is 3.90. The van der Waals surface area contributed by atoms with Crippen LogP contribution in [0.4, 0.5) is 0 Å². The van der Waals surface area contributed by atoms with Crippen molar-refractivity contribution in [3.05, 3.63) is 0 Å². The van der Waals surface area contributed by atoms with Crippen molar-refractivity contribution >= 4 is 17.5 Å². The number of ketones is 2. The average molecular weight is 357 g/mol. The summed E-state index contributed by atoms with van der Waals surface area (Å²) in [5.74, 6) is 0.0524. The molecular formula is C19H35NO5. The van der Waals surface area contributed by atoms with Crippen molar-refractivity contribution < 1.29 is 23.9 Å². The van der Waals surface area contributed by atoms with Crippen LogP contribution in [0.1, 0.15) is 73.6 Å². The smallest absolute Gasteiger partial charge is 0.220 e. The van der Waals surface area contributed by atoms with Gasteiger partial charge in [-0.3, -0.25) is 4.79 Å². The quantitative estimate of drug-likeness (QED) is 0.483. The van der Waals surface area contributed by atoms with Crippen molar-refractivity contribution in [1.29, 1.82) is 0 Å². The number of Topliss-reactive ketones (excluding diaryl/α,β-unsaturated/α-hetero) is 2. The second kappa shape index (κ2) is 11.4. The zero-order valence-corrected chi connectivity index (χ0v) is 16.7. The molecule has 0 aliphatic heterocycles. The van der Waals surface area contributed by atoms with Crippen LogP contribution >= 0.6 is 0 Å². The predicted molar refractivity (Wildman–Crippen MR) is 97.5 cm³/mol. The van der Waals surface area contributed by atoms with Crippen LogP contribution in [0.15, 0.2) is 0 Å². The summed E-state index contributed by atoms with van der Waals surface area (Å²) in [4.78, 5) is 33.4. The summed E-state index contributed by atoms with van der Waals surface area (Å²) in [5, 5.41) is 2.74. The normalized spacial score (nSPS) is 12.1. The maximum atomic E-state index is 11.5. The van der Waals surface area contributed by atoms with Gasteiger partial charge in [-0.25, -0.2) is 0 Å². The fourth-order valence-electron chi connectivity index (χ4n) is 2.09. The molecule has 0 bridgehead atoms. The standard InChI is InChI=1S/C19H35NO5/c1-15(21)7-8-17(23)20-12-14-25-19(5,6)11-13-24-18(3,4)10-9-16(2)22/h7-14H2,1-6H3,(H,20,23). The molecule has 0 aromatic carbocycles. The number of hydrogen-bond acceptors (Lipinski definition) is 5. The third kappa shape index (κ3) is 14.8. The second-order valence-corrected chi connectivity index (χ2v) is 7.72. The molecule has 6 nitrogen and oxygen atoms in total. The average Bonchev–Trinajstić information content (AvgIpc) is 2.47. The summed E-state index contributed by atoms with van der Waals surface area (Å²) in [6.45, 7) is 12.4. The van der Waals surface area contributed by atoms with Gasteiger partial charge >= 0.3 is 0 Å². The zero-order chi connectivity index (χ0) is 19.5. The molecule has 1 N–H and O–H groups in total. The predicted octanol–water partition coefficient (Wildman–Crippen LogP) is 2.82. The van der Waals surface area contributed by atoms with E-state index in [9.17, 15) is 14.4 Å². The van der Waals surface area contributed by atoms with Crippen LogP contribution in [0.3, 0.4) is 0 Å². The lowest BCUT2D eigenvalue weighted by Crippen LogP contribution is -2.34. The molecule has 146 valence electrons. The van der Waals surface area contributed by atoms with E-state index in [1.165, 1.54) is 6.92 Å². The molecule has 0 aromatic heterocycles. The van der Waals surface area contributed by atoms with Gasteiger partial charge in [0.1, 0.15) is 11.6 Å². The summed E-state index contributed by atoms with van der Waals surface area (Å²) >= 11 is 0. The van der Waals surface area contributed by atoms with E-state index in [0.29, 0.717) is 32.6 Å². The van der Waals surface area contributed by atoms with Crippen LogP contribution in [0.5, 0.6) is 0 Å². The fraction of sp³-hybridized carbons (Fsp3) is 0.842. The molecule has 0 atom stereocenters. The Bertz CT molecular complexity index is 443. The monoisotopic (exact) mass is 357 g/mol. The number of rotatable bonds is 14. The van der Waals surface area contributed by atoms with E-state index in [4.69, 9.17) is 9.47 Å².